The summed E-state index contributed by atoms with van der Waals surface area (Å²) in [7, 11) is 0. The van der Waals surface area contributed by atoms with Gasteiger partial charge >= 0.3 is 0 Å². The van der Waals surface area contributed by atoms with Gasteiger partial charge in [-0.1, -0.05) is 29.3 Å². The zero-order valence-electron chi connectivity index (χ0n) is 6.34. The smallest absolute Gasteiger partial charge is 0.121 e. The minimum absolute atomic E-state index is 0.462. The minimum atomic E-state index is 0.462. The zero-order chi connectivity index (χ0) is 8.81. The fourth-order valence-corrected chi connectivity index (χ4v) is 0.991. The van der Waals surface area contributed by atoms with Crippen LogP contribution in [0.5, 0.6) is 5.75 Å². The molecule has 0 atom stereocenters. The van der Waals surface area contributed by atoms with Crippen molar-refractivity contribution in [3.63, 3.8) is 0 Å². The molecule has 0 N–H and O–H groups in total. The second kappa shape index (κ2) is 5.07. The van der Waals surface area contributed by atoms with E-state index >= 15 is 0 Å². The summed E-state index contributed by atoms with van der Waals surface area (Å²) < 4.78 is 5.27. The second-order valence-electron chi connectivity index (χ2n) is 2.13. The van der Waals surface area contributed by atoms with Crippen LogP contribution in [0.4, 0.5) is 0 Å². The molecule has 0 saturated heterocycles. The molecule has 0 fully saturated rings. The molecule has 1 nitrogen and oxygen atoms in total. The van der Waals surface area contributed by atoms with E-state index in [1.165, 1.54) is 5.54 Å². The fraction of sp³-hybridized carbons (Fsp3) is 0.111. The molecule has 0 radical (unpaired) electrons. The van der Waals surface area contributed by atoms with E-state index in [1.54, 1.807) is 18.2 Å². The van der Waals surface area contributed by atoms with Crippen LogP contribution in [0.15, 0.2) is 35.9 Å². The Balaban J connectivity index is 2.52. The van der Waals surface area contributed by atoms with Crippen molar-refractivity contribution in [3.8, 4) is 5.75 Å². The number of ether oxygens (including phenoxy) is 1. The van der Waals surface area contributed by atoms with Crippen molar-refractivity contribution in [1.29, 1.82) is 0 Å². The normalized spacial score (nSPS) is 10.5. The van der Waals surface area contributed by atoms with Gasteiger partial charge in [-0.3, -0.25) is 0 Å². The van der Waals surface area contributed by atoms with Crippen molar-refractivity contribution >= 4 is 23.2 Å². The Hall–Kier alpha value is -0.660. The van der Waals surface area contributed by atoms with Gasteiger partial charge in [-0.05, 0) is 24.3 Å². The molecule has 3 heteroatoms. The Morgan fingerprint density at radius 2 is 2.25 bits per heavy atom. The summed E-state index contributed by atoms with van der Waals surface area (Å²) >= 11 is 11.0. The van der Waals surface area contributed by atoms with E-state index in [-0.39, 0.29) is 0 Å². The lowest BCUT2D eigenvalue weighted by Gasteiger charge is -2.01. The second-order valence-corrected chi connectivity index (χ2v) is 2.82. The van der Waals surface area contributed by atoms with E-state index in [0.717, 1.165) is 5.75 Å². The van der Waals surface area contributed by atoms with Crippen LogP contribution in [0.1, 0.15) is 0 Å². The van der Waals surface area contributed by atoms with Crippen molar-refractivity contribution < 1.29 is 4.74 Å². The summed E-state index contributed by atoms with van der Waals surface area (Å²) in [6.07, 6.45) is 1.71. The highest BCUT2D eigenvalue weighted by Crippen LogP contribution is 2.16. The first kappa shape index (κ1) is 9.43. The van der Waals surface area contributed by atoms with Gasteiger partial charge in [0.15, 0.2) is 0 Å². The number of hydrogen-bond donors (Lipinski definition) is 0. The summed E-state index contributed by atoms with van der Waals surface area (Å²) in [6, 6.07) is 7.23. The minimum Gasteiger partial charge on any atom is -0.489 e. The Kier molecular flexibility index (Phi) is 3.98. The molecule has 1 aromatic carbocycles. The Labute approximate surface area is 81.6 Å². The molecule has 0 amide bonds. The lowest BCUT2D eigenvalue weighted by atomic mass is 10.3. The molecule has 0 spiro atoms. The molecule has 0 bridgehead atoms. The maximum Gasteiger partial charge on any atom is 0.121 e. The van der Waals surface area contributed by atoms with Gasteiger partial charge in [-0.25, -0.2) is 0 Å². The van der Waals surface area contributed by atoms with E-state index < -0.39 is 0 Å². The predicted molar refractivity (Wildman–Crippen MR) is 51.9 cm³/mol. The topological polar surface area (TPSA) is 9.23 Å². The van der Waals surface area contributed by atoms with Crippen LogP contribution >= 0.6 is 23.2 Å². The lowest BCUT2D eigenvalue weighted by molar-refractivity contribution is 0.363. The third-order valence-electron chi connectivity index (χ3n) is 1.23. The quantitative estimate of drug-likeness (QED) is 0.730. The van der Waals surface area contributed by atoms with Gasteiger partial charge in [0.1, 0.15) is 12.4 Å². The summed E-state index contributed by atoms with van der Waals surface area (Å²) in [5, 5.41) is 0.669. The molecule has 0 aromatic heterocycles. The van der Waals surface area contributed by atoms with Gasteiger partial charge in [0, 0.05) is 10.6 Å². The van der Waals surface area contributed by atoms with Crippen LogP contribution in [0.25, 0.3) is 0 Å². The van der Waals surface area contributed by atoms with Gasteiger partial charge in [-0.15, -0.1) is 0 Å². The van der Waals surface area contributed by atoms with E-state index in [0.29, 0.717) is 11.6 Å². The Morgan fingerprint density at radius 3 is 2.92 bits per heavy atom. The van der Waals surface area contributed by atoms with Gasteiger partial charge < -0.3 is 4.74 Å². The van der Waals surface area contributed by atoms with Crippen molar-refractivity contribution in [3.05, 3.63) is 40.9 Å². The van der Waals surface area contributed by atoms with Crippen LogP contribution < -0.4 is 4.74 Å². The lowest BCUT2D eigenvalue weighted by Crippen LogP contribution is -1.91. The molecule has 0 saturated carbocycles. The van der Waals surface area contributed by atoms with E-state index in [2.05, 4.69) is 0 Å². The summed E-state index contributed by atoms with van der Waals surface area (Å²) in [4.78, 5) is 0. The molecular formula is C9H8Cl2O. The first-order valence-electron chi connectivity index (χ1n) is 3.46. The van der Waals surface area contributed by atoms with Gasteiger partial charge in [0.25, 0.3) is 0 Å². The highest BCUT2D eigenvalue weighted by molar-refractivity contribution is 6.30. The van der Waals surface area contributed by atoms with Gasteiger partial charge in [0.2, 0.25) is 0 Å². The average molecular weight is 203 g/mol. The predicted octanol–water partition coefficient (Wildman–Crippen LogP) is 3.47. The van der Waals surface area contributed by atoms with Crippen LogP contribution in [-0.2, 0) is 0 Å². The van der Waals surface area contributed by atoms with Crippen LogP contribution in [0.2, 0.25) is 5.02 Å². The maximum atomic E-state index is 5.73. The third-order valence-corrected chi connectivity index (χ3v) is 1.64. The van der Waals surface area contributed by atoms with Crippen molar-refractivity contribution in [2.75, 3.05) is 6.61 Å². The van der Waals surface area contributed by atoms with Gasteiger partial charge in [-0.2, -0.15) is 0 Å². The number of halogens is 2. The molecular weight excluding hydrogens is 195 g/mol. The molecule has 0 aliphatic heterocycles. The van der Waals surface area contributed by atoms with E-state index in [9.17, 15) is 0 Å². The Morgan fingerprint density at radius 1 is 1.42 bits per heavy atom. The summed E-state index contributed by atoms with van der Waals surface area (Å²) in [5.41, 5.74) is 1.42. The highest BCUT2D eigenvalue weighted by Gasteiger charge is 1.91. The molecule has 12 heavy (non-hydrogen) atoms. The van der Waals surface area contributed by atoms with Crippen molar-refractivity contribution in [1.82, 2.24) is 0 Å². The molecule has 0 aliphatic rings. The summed E-state index contributed by atoms with van der Waals surface area (Å²) in [6.45, 7) is 0.462. The highest BCUT2D eigenvalue weighted by atomic mass is 35.5. The largest absolute Gasteiger partial charge is 0.489 e. The van der Waals surface area contributed by atoms with E-state index in [4.69, 9.17) is 27.9 Å². The molecule has 64 valence electrons. The monoisotopic (exact) mass is 202 g/mol. The third kappa shape index (κ3) is 3.16. The maximum absolute atomic E-state index is 5.73. The van der Waals surface area contributed by atoms with E-state index in [1.807, 2.05) is 12.1 Å². The Bertz CT molecular complexity index is 271. The van der Waals surface area contributed by atoms with Crippen molar-refractivity contribution in [2.45, 2.75) is 0 Å². The first-order chi connectivity index (χ1) is 5.83. The molecule has 0 heterocycles. The number of hydrogen-bond acceptors (Lipinski definition) is 1. The first-order valence-corrected chi connectivity index (χ1v) is 4.28. The SMILES string of the molecule is Cl/C=C/COc1cccc(Cl)c1. The van der Waals surface area contributed by atoms with Crippen LogP contribution in [0.3, 0.4) is 0 Å². The fourth-order valence-electron chi connectivity index (χ4n) is 0.737. The average Bonchev–Trinajstić information content (AvgIpc) is 2.05. The zero-order valence-corrected chi connectivity index (χ0v) is 7.85. The van der Waals surface area contributed by atoms with Crippen LogP contribution in [-0.4, -0.2) is 6.61 Å². The standard InChI is InChI=1S/C9H8Cl2O/c10-5-2-6-12-9-4-1-3-8(11)7-9/h1-5,7H,6H2/b5-2+. The van der Waals surface area contributed by atoms with Crippen molar-refractivity contribution in [2.24, 2.45) is 0 Å². The van der Waals surface area contributed by atoms with Gasteiger partial charge in [0.05, 0.1) is 0 Å². The number of rotatable bonds is 3. The van der Waals surface area contributed by atoms with Crippen LogP contribution in [0, 0.1) is 0 Å². The summed E-state index contributed by atoms with van der Waals surface area (Å²) in [5.74, 6) is 0.747. The molecule has 0 aliphatic carbocycles. The molecule has 1 aromatic rings. The molecule has 0 unspecified atom stereocenters. The number of benzene rings is 1. The molecule has 1 rings (SSSR count).